The molecular weight excluding hydrogens is 536 g/mol. The molecule has 3 rings (SSSR count). The highest BCUT2D eigenvalue weighted by Crippen LogP contribution is 2.59. The lowest BCUT2D eigenvalue weighted by atomic mass is 9.55. The molecule has 0 unspecified atom stereocenters. The van der Waals surface area contributed by atoms with Crippen LogP contribution >= 0.6 is 0 Å². The Morgan fingerprint density at radius 3 is 1.90 bits per heavy atom. The predicted octanol–water partition coefficient (Wildman–Crippen LogP) is 3.45. The van der Waals surface area contributed by atoms with Crippen molar-refractivity contribution < 1.29 is 52.4 Å². The Bertz CT molecular complexity index is 1100. The van der Waals surface area contributed by atoms with Crippen LogP contribution in [0.15, 0.2) is 11.6 Å². The Balaban J connectivity index is 2.36. The van der Waals surface area contributed by atoms with Gasteiger partial charge in [0.1, 0.15) is 23.9 Å². The molecule has 0 radical (unpaired) electrons. The lowest BCUT2D eigenvalue weighted by molar-refractivity contribution is -0.248. The topological polar surface area (TPSA) is 141 Å². The summed E-state index contributed by atoms with van der Waals surface area (Å²) in [6.07, 6.45) is -1.71. The van der Waals surface area contributed by atoms with Crippen molar-refractivity contribution in [3.8, 4) is 0 Å². The predicted molar refractivity (Wildman–Crippen MR) is 144 cm³/mol. The molecular formula is C30H44O11. The van der Waals surface area contributed by atoms with E-state index in [1.54, 1.807) is 13.8 Å². The summed E-state index contributed by atoms with van der Waals surface area (Å²) in [5, 5.41) is 0. The molecule has 230 valence electrons. The summed E-state index contributed by atoms with van der Waals surface area (Å²) in [5.74, 6) is -4.48. The highest BCUT2D eigenvalue weighted by atomic mass is 16.6. The van der Waals surface area contributed by atoms with Gasteiger partial charge in [0, 0.05) is 52.4 Å². The monoisotopic (exact) mass is 580 g/mol. The number of carbonyl (C=O) groups is 5. The van der Waals surface area contributed by atoms with Gasteiger partial charge in [0.25, 0.3) is 0 Å². The minimum Gasteiger partial charge on any atom is -0.458 e. The number of carbonyl (C=O) groups excluding carboxylic acids is 5. The molecule has 2 bridgehead atoms. The summed E-state index contributed by atoms with van der Waals surface area (Å²) >= 11 is 0. The Kier molecular flexibility index (Phi) is 9.62. The van der Waals surface area contributed by atoms with Crippen molar-refractivity contribution in [2.24, 2.45) is 23.7 Å². The van der Waals surface area contributed by atoms with Crippen molar-refractivity contribution in [2.75, 3.05) is 0 Å². The maximum Gasteiger partial charge on any atom is 0.303 e. The smallest absolute Gasteiger partial charge is 0.303 e. The van der Waals surface area contributed by atoms with Crippen LogP contribution in [0.1, 0.15) is 82.1 Å². The van der Waals surface area contributed by atoms with Crippen molar-refractivity contribution in [3.63, 3.8) is 0 Å². The molecule has 2 fully saturated rings. The van der Waals surface area contributed by atoms with E-state index in [0.29, 0.717) is 12.0 Å². The van der Waals surface area contributed by atoms with Crippen LogP contribution in [0, 0.1) is 23.7 Å². The van der Waals surface area contributed by atoms with E-state index in [2.05, 4.69) is 0 Å². The second-order valence-electron chi connectivity index (χ2n) is 12.3. The number of fused-ring (bicyclic) bond motifs is 5. The van der Waals surface area contributed by atoms with Gasteiger partial charge < -0.3 is 28.4 Å². The molecule has 0 aromatic heterocycles. The molecule has 11 heteroatoms. The Hall–Kier alpha value is -2.95. The van der Waals surface area contributed by atoms with Crippen LogP contribution in [0.4, 0.5) is 0 Å². The van der Waals surface area contributed by atoms with E-state index in [4.69, 9.17) is 28.4 Å². The SMILES string of the molecule is CC(=O)O[C@H]1[C@H](C(C)C)[C@@H]2[C@@H]([C@@H]3/C=C(/C)[C@@H](OC(C)=O)CC[C@@](C)(OC(C)=O)[C@H]2O3)[C@](C)(OC(C)=O)[C@H]1OC(C)=O. The quantitative estimate of drug-likeness (QED) is 0.259. The zero-order valence-corrected chi connectivity index (χ0v) is 25.7. The van der Waals surface area contributed by atoms with E-state index in [-0.39, 0.29) is 12.3 Å². The van der Waals surface area contributed by atoms with E-state index in [1.807, 2.05) is 26.8 Å². The van der Waals surface area contributed by atoms with Crippen molar-refractivity contribution in [3.05, 3.63) is 11.6 Å². The second-order valence-corrected chi connectivity index (χ2v) is 12.3. The van der Waals surface area contributed by atoms with Gasteiger partial charge in [-0.15, -0.1) is 0 Å². The minimum atomic E-state index is -1.52. The van der Waals surface area contributed by atoms with Crippen molar-refractivity contribution in [1.82, 2.24) is 0 Å². The molecule has 41 heavy (non-hydrogen) atoms. The first kappa shape index (κ1) is 32.6. The van der Waals surface area contributed by atoms with Crippen LogP contribution in [0.25, 0.3) is 0 Å². The Morgan fingerprint density at radius 1 is 0.854 bits per heavy atom. The van der Waals surface area contributed by atoms with Crippen LogP contribution in [0.3, 0.4) is 0 Å². The summed E-state index contributed by atoms with van der Waals surface area (Å²) in [7, 11) is 0. The average molecular weight is 581 g/mol. The molecule has 0 aromatic rings. The molecule has 1 saturated carbocycles. The molecule has 0 N–H and O–H groups in total. The minimum absolute atomic E-state index is 0.125. The van der Waals surface area contributed by atoms with Gasteiger partial charge in [0.15, 0.2) is 11.7 Å². The number of esters is 5. The van der Waals surface area contributed by atoms with Crippen LogP contribution in [0.5, 0.6) is 0 Å². The fourth-order valence-electron chi connectivity index (χ4n) is 7.43. The molecule has 11 nitrogen and oxygen atoms in total. The van der Waals surface area contributed by atoms with Crippen molar-refractivity contribution in [2.45, 2.75) is 124 Å². The maximum atomic E-state index is 12.6. The number of rotatable bonds is 6. The van der Waals surface area contributed by atoms with Gasteiger partial charge in [0.2, 0.25) is 0 Å². The fourth-order valence-corrected chi connectivity index (χ4v) is 7.43. The van der Waals surface area contributed by atoms with Gasteiger partial charge in [0.05, 0.1) is 6.10 Å². The first-order valence-corrected chi connectivity index (χ1v) is 14.2. The third kappa shape index (κ3) is 6.60. The van der Waals surface area contributed by atoms with Gasteiger partial charge in [-0.05, 0) is 45.1 Å². The van der Waals surface area contributed by atoms with Crippen molar-refractivity contribution >= 4 is 29.8 Å². The molecule has 0 spiro atoms. The first-order chi connectivity index (χ1) is 18.9. The third-order valence-electron chi connectivity index (χ3n) is 8.62. The van der Waals surface area contributed by atoms with E-state index in [1.165, 1.54) is 34.6 Å². The van der Waals surface area contributed by atoms with Gasteiger partial charge in [-0.3, -0.25) is 24.0 Å². The molecule has 0 aromatic carbocycles. The summed E-state index contributed by atoms with van der Waals surface area (Å²) < 4.78 is 36.2. The lowest BCUT2D eigenvalue weighted by Crippen LogP contribution is -2.69. The Morgan fingerprint density at radius 2 is 1.41 bits per heavy atom. The van der Waals surface area contributed by atoms with E-state index >= 15 is 0 Å². The van der Waals surface area contributed by atoms with Crippen molar-refractivity contribution in [1.29, 1.82) is 0 Å². The number of hydrogen-bond acceptors (Lipinski definition) is 11. The first-order valence-electron chi connectivity index (χ1n) is 14.2. The average Bonchev–Trinajstić information content (AvgIpc) is 3.18. The standard InChI is InChI=1S/C30H44O11/c1-14(2)23-24-25(30(10,41-20(8)35)28(38-18(6)33)26(23)37-17(5)32)22-13-15(3)21(36-16(4)31)11-12-29(9,27(24)39-22)40-19(7)34/h13-14,21-28H,11-12H2,1-10H3/b15-13-/t21-,22-,23+,24+,25+,26-,27-,28-,29+,30-/m0/s1. The van der Waals surface area contributed by atoms with Crippen LogP contribution in [-0.2, 0) is 52.4 Å². The van der Waals surface area contributed by atoms with Gasteiger partial charge in [-0.2, -0.15) is 0 Å². The largest absolute Gasteiger partial charge is 0.458 e. The van der Waals surface area contributed by atoms with Crippen LogP contribution in [-0.4, -0.2) is 71.6 Å². The zero-order valence-electron chi connectivity index (χ0n) is 25.7. The highest BCUT2D eigenvalue weighted by Gasteiger charge is 2.71. The summed E-state index contributed by atoms with van der Waals surface area (Å²) in [6.45, 7) is 15.6. The summed E-state index contributed by atoms with van der Waals surface area (Å²) in [5.41, 5.74) is -1.99. The van der Waals surface area contributed by atoms with Gasteiger partial charge >= 0.3 is 29.8 Å². The lowest BCUT2D eigenvalue weighted by Gasteiger charge is -2.55. The molecule has 1 saturated heterocycles. The van der Waals surface area contributed by atoms with E-state index in [9.17, 15) is 24.0 Å². The second kappa shape index (κ2) is 12.1. The molecule has 3 aliphatic rings. The van der Waals surface area contributed by atoms with E-state index < -0.39 is 89.3 Å². The maximum absolute atomic E-state index is 12.6. The number of ether oxygens (including phenoxy) is 6. The van der Waals surface area contributed by atoms with Crippen LogP contribution < -0.4 is 0 Å². The van der Waals surface area contributed by atoms with Gasteiger partial charge in [-0.25, -0.2) is 0 Å². The normalized spacial score (nSPS) is 39.5. The van der Waals surface area contributed by atoms with Gasteiger partial charge in [-0.1, -0.05) is 19.9 Å². The molecule has 10 atom stereocenters. The fraction of sp³-hybridized carbons (Fsp3) is 0.767. The molecule has 2 aliphatic heterocycles. The molecule has 2 heterocycles. The summed E-state index contributed by atoms with van der Waals surface area (Å²) in [6, 6.07) is 0. The number of hydrogen-bond donors (Lipinski definition) is 0. The Labute approximate surface area is 241 Å². The summed E-state index contributed by atoms with van der Waals surface area (Å²) in [4.78, 5) is 61.9. The third-order valence-corrected chi connectivity index (χ3v) is 8.62. The van der Waals surface area contributed by atoms with Crippen LogP contribution in [0.2, 0.25) is 0 Å². The molecule has 0 amide bonds. The van der Waals surface area contributed by atoms with E-state index in [0.717, 1.165) is 0 Å². The highest BCUT2D eigenvalue weighted by molar-refractivity contribution is 5.69. The zero-order chi connectivity index (χ0) is 31.0. The molecule has 1 aliphatic carbocycles.